The fourth-order valence-electron chi connectivity index (χ4n) is 0.920. The average Bonchev–Trinajstić information content (AvgIpc) is 2.52. The van der Waals surface area contributed by atoms with Crippen LogP contribution in [-0.2, 0) is 16.6 Å². The van der Waals surface area contributed by atoms with Gasteiger partial charge in [-0.1, -0.05) is 0 Å². The molecule has 5 N–H and O–H groups in total. The molecule has 0 aliphatic rings. The molecule has 0 unspecified atom stereocenters. The van der Waals surface area contributed by atoms with E-state index in [0.29, 0.717) is 25.4 Å². The molecule has 0 aliphatic heterocycles. The van der Waals surface area contributed by atoms with Crippen LogP contribution in [0, 0.1) is 0 Å². The third kappa shape index (κ3) is 3.11. The van der Waals surface area contributed by atoms with E-state index < -0.39 is 10.0 Å². The first-order valence-corrected chi connectivity index (χ1v) is 5.61. The van der Waals surface area contributed by atoms with Gasteiger partial charge in [-0.15, -0.1) is 0 Å². The van der Waals surface area contributed by atoms with Gasteiger partial charge in [-0.05, 0) is 12.1 Å². The molecular formula is C7H13N3O3S. The summed E-state index contributed by atoms with van der Waals surface area (Å²) in [6.07, 6.45) is 0. The summed E-state index contributed by atoms with van der Waals surface area (Å²) in [5.41, 5.74) is 5.26. The minimum absolute atomic E-state index is 0.220. The maximum atomic E-state index is 10.8. The van der Waals surface area contributed by atoms with Gasteiger partial charge in [0.25, 0.3) is 10.0 Å². The van der Waals surface area contributed by atoms with Gasteiger partial charge in [-0.25, -0.2) is 13.6 Å². The number of primary sulfonamides is 1. The van der Waals surface area contributed by atoms with E-state index in [1.54, 1.807) is 6.07 Å². The Bertz CT molecular complexity index is 385. The summed E-state index contributed by atoms with van der Waals surface area (Å²) >= 11 is 0. The van der Waals surface area contributed by atoms with E-state index in [0.717, 1.165) is 0 Å². The Labute approximate surface area is 82.3 Å². The molecule has 6 nitrogen and oxygen atoms in total. The van der Waals surface area contributed by atoms with Crippen LogP contribution in [0.3, 0.4) is 0 Å². The molecule has 1 heterocycles. The largest absolute Gasteiger partial charge is 0.447 e. The molecule has 1 rings (SSSR count). The van der Waals surface area contributed by atoms with Crippen LogP contribution in [0.2, 0.25) is 0 Å². The zero-order chi connectivity index (χ0) is 10.6. The zero-order valence-electron chi connectivity index (χ0n) is 7.56. The lowest BCUT2D eigenvalue weighted by Crippen LogP contribution is -2.21. The van der Waals surface area contributed by atoms with E-state index in [9.17, 15) is 8.42 Å². The highest BCUT2D eigenvalue weighted by Crippen LogP contribution is 2.11. The topological polar surface area (TPSA) is 111 Å². The molecule has 14 heavy (non-hydrogen) atoms. The standard InChI is InChI=1S/C7H13N3O3S/c8-3-4-10-5-6-1-2-7(13-6)14(9,11)12/h1-2,10H,3-5,8H2,(H2,9,11,12). The third-order valence-corrected chi connectivity index (χ3v) is 2.32. The molecule has 0 radical (unpaired) electrons. The summed E-state index contributed by atoms with van der Waals surface area (Å²) < 4.78 is 26.6. The quantitative estimate of drug-likeness (QED) is 0.548. The van der Waals surface area contributed by atoms with E-state index in [2.05, 4.69) is 5.32 Å². The fraction of sp³-hybridized carbons (Fsp3) is 0.429. The number of sulfonamides is 1. The second-order valence-corrected chi connectivity index (χ2v) is 4.22. The van der Waals surface area contributed by atoms with E-state index >= 15 is 0 Å². The Hall–Kier alpha value is -0.890. The summed E-state index contributed by atoms with van der Waals surface area (Å²) in [5, 5.41) is 7.60. The van der Waals surface area contributed by atoms with Crippen LogP contribution in [0.4, 0.5) is 0 Å². The fourth-order valence-corrected chi connectivity index (χ4v) is 1.40. The first-order chi connectivity index (χ1) is 6.54. The van der Waals surface area contributed by atoms with E-state index in [1.165, 1.54) is 6.07 Å². The van der Waals surface area contributed by atoms with Crippen LogP contribution in [-0.4, -0.2) is 21.5 Å². The SMILES string of the molecule is NCCNCc1ccc(S(N)(=O)=O)o1. The van der Waals surface area contributed by atoms with Crippen molar-refractivity contribution in [2.45, 2.75) is 11.6 Å². The molecule has 0 amide bonds. The maximum absolute atomic E-state index is 10.8. The van der Waals surface area contributed by atoms with Crippen LogP contribution in [0.1, 0.15) is 5.76 Å². The molecule has 0 atom stereocenters. The highest BCUT2D eigenvalue weighted by atomic mass is 32.2. The summed E-state index contributed by atoms with van der Waals surface area (Å²) in [7, 11) is -3.73. The van der Waals surface area contributed by atoms with Gasteiger partial charge < -0.3 is 15.5 Å². The molecule has 7 heteroatoms. The first kappa shape index (κ1) is 11.2. The van der Waals surface area contributed by atoms with Gasteiger partial charge in [0.15, 0.2) is 0 Å². The molecule has 1 aromatic rings. The molecular weight excluding hydrogens is 206 g/mol. The van der Waals surface area contributed by atoms with E-state index in [1.807, 2.05) is 0 Å². The van der Waals surface area contributed by atoms with Crippen molar-refractivity contribution in [2.24, 2.45) is 10.9 Å². The normalized spacial score (nSPS) is 11.9. The Balaban J connectivity index is 2.60. The van der Waals surface area contributed by atoms with E-state index in [-0.39, 0.29) is 5.09 Å². The van der Waals surface area contributed by atoms with Crippen molar-refractivity contribution in [3.05, 3.63) is 17.9 Å². The number of rotatable bonds is 5. The highest BCUT2D eigenvalue weighted by Gasteiger charge is 2.12. The molecule has 0 aliphatic carbocycles. The molecule has 0 aromatic carbocycles. The number of hydrogen-bond donors (Lipinski definition) is 3. The van der Waals surface area contributed by atoms with Crippen LogP contribution < -0.4 is 16.2 Å². The Kier molecular flexibility index (Phi) is 3.64. The van der Waals surface area contributed by atoms with Crippen molar-refractivity contribution in [3.8, 4) is 0 Å². The van der Waals surface area contributed by atoms with Crippen LogP contribution >= 0.6 is 0 Å². The maximum Gasteiger partial charge on any atom is 0.271 e. The second-order valence-electron chi connectivity index (χ2n) is 2.73. The lowest BCUT2D eigenvalue weighted by Gasteiger charge is -1.98. The monoisotopic (exact) mass is 219 g/mol. The molecule has 0 fully saturated rings. The Morgan fingerprint density at radius 2 is 2.14 bits per heavy atom. The van der Waals surface area contributed by atoms with Gasteiger partial charge in [-0.3, -0.25) is 0 Å². The van der Waals surface area contributed by atoms with Crippen molar-refractivity contribution < 1.29 is 12.8 Å². The van der Waals surface area contributed by atoms with Gasteiger partial charge in [0.1, 0.15) is 5.76 Å². The zero-order valence-corrected chi connectivity index (χ0v) is 8.38. The smallest absolute Gasteiger partial charge is 0.271 e. The van der Waals surface area contributed by atoms with Gasteiger partial charge in [0, 0.05) is 13.1 Å². The lowest BCUT2D eigenvalue weighted by molar-refractivity contribution is 0.403. The minimum atomic E-state index is -3.73. The molecule has 80 valence electrons. The summed E-state index contributed by atoms with van der Waals surface area (Å²) in [6.45, 7) is 1.60. The summed E-state index contributed by atoms with van der Waals surface area (Å²) in [6, 6.07) is 2.89. The van der Waals surface area contributed by atoms with Crippen LogP contribution in [0.15, 0.2) is 21.6 Å². The first-order valence-electron chi connectivity index (χ1n) is 4.06. The third-order valence-electron chi connectivity index (χ3n) is 1.54. The molecule has 0 saturated carbocycles. The average molecular weight is 219 g/mol. The van der Waals surface area contributed by atoms with Gasteiger partial charge >= 0.3 is 0 Å². The minimum Gasteiger partial charge on any atom is -0.447 e. The predicted molar refractivity (Wildman–Crippen MR) is 50.8 cm³/mol. The Morgan fingerprint density at radius 1 is 1.43 bits per heavy atom. The molecule has 0 spiro atoms. The summed E-state index contributed by atoms with van der Waals surface area (Å²) in [4.78, 5) is 0. The van der Waals surface area contributed by atoms with Crippen LogP contribution in [0.5, 0.6) is 0 Å². The molecule has 0 saturated heterocycles. The lowest BCUT2D eigenvalue weighted by atomic mass is 10.4. The second kappa shape index (κ2) is 4.56. The van der Waals surface area contributed by atoms with Crippen molar-refractivity contribution in [1.29, 1.82) is 0 Å². The van der Waals surface area contributed by atoms with Crippen molar-refractivity contribution in [2.75, 3.05) is 13.1 Å². The van der Waals surface area contributed by atoms with E-state index in [4.69, 9.17) is 15.3 Å². The number of nitrogens with two attached hydrogens (primary N) is 2. The Morgan fingerprint density at radius 3 is 2.64 bits per heavy atom. The van der Waals surface area contributed by atoms with Crippen LogP contribution in [0.25, 0.3) is 0 Å². The number of furan rings is 1. The molecule has 0 bridgehead atoms. The van der Waals surface area contributed by atoms with Crippen molar-refractivity contribution in [1.82, 2.24) is 5.32 Å². The number of hydrogen-bond acceptors (Lipinski definition) is 5. The van der Waals surface area contributed by atoms with Crippen molar-refractivity contribution in [3.63, 3.8) is 0 Å². The molecule has 1 aromatic heterocycles. The highest BCUT2D eigenvalue weighted by molar-refractivity contribution is 7.89. The summed E-state index contributed by atoms with van der Waals surface area (Å²) in [5.74, 6) is 0.516. The van der Waals surface area contributed by atoms with Gasteiger partial charge in [0.05, 0.1) is 6.54 Å². The van der Waals surface area contributed by atoms with Crippen molar-refractivity contribution >= 4 is 10.0 Å². The van der Waals surface area contributed by atoms with Gasteiger partial charge in [-0.2, -0.15) is 0 Å². The number of nitrogens with one attached hydrogen (secondary N) is 1. The predicted octanol–water partition coefficient (Wildman–Crippen LogP) is -1.02. The van der Waals surface area contributed by atoms with Gasteiger partial charge in [0.2, 0.25) is 5.09 Å².